The van der Waals surface area contributed by atoms with Gasteiger partial charge in [-0.2, -0.15) is 0 Å². The van der Waals surface area contributed by atoms with Gasteiger partial charge in [-0.15, -0.1) is 0 Å². The summed E-state index contributed by atoms with van der Waals surface area (Å²) >= 11 is 0. The van der Waals surface area contributed by atoms with Crippen LogP contribution in [-0.2, 0) is 14.4 Å². The van der Waals surface area contributed by atoms with E-state index in [2.05, 4.69) is 5.32 Å². The Kier molecular flexibility index (Phi) is 4.68. The molecule has 0 aromatic rings. The second-order valence-electron chi connectivity index (χ2n) is 2.20. The summed E-state index contributed by atoms with van der Waals surface area (Å²) in [7, 11) is 0. The molecule has 78 valence electrons. The number of amides is 3. The molecule has 0 aromatic heterocycles. The Morgan fingerprint density at radius 3 is 1.79 bits per heavy atom. The lowest BCUT2D eigenvalue weighted by Crippen LogP contribution is -2.22. The highest BCUT2D eigenvalue weighted by Gasteiger charge is 2.14. The van der Waals surface area contributed by atoms with Crippen molar-refractivity contribution in [3.8, 4) is 0 Å². The Bertz CT molecular complexity index is 247. The van der Waals surface area contributed by atoms with Crippen molar-refractivity contribution in [2.75, 3.05) is 6.54 Å². The van der Waals surface area contributed by atoms with Gasteiger partial charge < -0.3 is 15.5 Å². The van der Waals surface area contributed by atoms with Crippen LogP contribution in [0.4, 0.5) is 4.79 Å². The summed E-state index contributed by atoms with van der Waals surface area (Å²) in [6, 6.07) is -0.398. The van der Waals surface area contributed by atoms with E-state index in [1.54, 1.807) is 0 Å². The SMILES string of the molecule is O=C(O)CC(=O)O.O=C1CNC(=O)N1. The quantitative estimate of drug-likeness (QED) is 0.315. The molecular formula is C6H8N2O6. The number of hydrogen-bond acceptors (Lipinski definition) is 4. The van der Waals surface area contributed by atoms with Crippen LogP contribution in [0, 0.1) is 0 Å². The molecule has 1 saturated heterocycles. The van der Waals surface area contributed by atoms with Gasteiger partial charge in [0.25, 0.3) is 0 Å². The minimum atomic E-state index is -1.31. The average Bonchev–Trinajstić information content (AvgIpc) is 2.32. The van der Waals surface area contributed by atoms with E-state index in [1.807, 2.05) is 5.32 Å². The van der Waals surface area contributed by atoms with E-state index < -0.39 is 24.4 Å². The standard InChI is InChI=1S/C3H4N2O2.C3H4O4/c6-2-1-4-3(7)5-2;4-2(5)1-3(6)7/h1H2,(H2,4,5,6,7);1H2,(H,4,5)(H,6,7). The topological polar surface area (TPSA) is 133 Å². The summed E-state index contributed by atoms with van der Waals surface area (Å²) in [5.74, 6) is -2.88. The molecule has 8 heteroatoms. The fourth-order valence-electron chi connectivity index (χ4n) is 0.505. The number of urea groups is 1. The largest absolute Gasteiger partial charge is 0.481 e. The van der Waals surface area contributed by atoms with E-state index in [1.165, 1.54) is 0 Å². The second kappa shape index (κ2) is 5.51. The number of carbonyl (C=O) groups excluding carboxylic acids is 2. The number of imide groups is 1. The normalized spacial score (nSPS) is 13.4. The van der Waals surface area contributed by atoms with Crippen molar-refractivity contribution in [1.82, 2.24) is 10.6 Å². The highest BCUT2D eigenvalue weighted by Crippen LogP contribution is 1.74. The van der Waals surface area contributed by atoms with Gasteiger partial charge in [-0.3, -0.25) is 19.7 Å². The molecule has 3 amide bonds. The van der Waals surface area contributed by atoms with Gasteiger partial charge >= 0.3 is 18.0 Å². The molecule has 1 aliphatic heterocycles. The highest BCUT2D eigenvalue weighted by atomic mass is 16.4. The first-order valence-corrected chi connectivity index (χ1v) is 3.43. The number of carboxylic acid groups (broad SMARTS) is 2. The second-order valence-corrected chi connectivity index (χ2v) is 2.20. The summed E-state index contributed by atoms with van der Waals surface area (Å²) in [4.78, 5) is 38.9. The van der Waals surface area contributed by atoms with Crippen LogP contribution in [0.3, 0.4) is 0 Å². The van der Waals surface area contributed by atoms with Gasteiger partial charge in [-0.25, -0.2) is 4.79 Å². The lowest BCUT2D eigenvalue weighted by atomic mass is 10.5. The molecule has 0 aliphatic carbocycles. The van der Waals surface area contributed by atoms with E-state index in [0.29, 0.717) is 0 Å². The number of nitrogens with one attached hydrogen (secondary N) is 2. The van der Waals surface area contributed by atoms with Gasteiger partial charge in [-0.1, -0.05) is 0 Å². The van der Waals surface area contributed by atoms with Crippen molar-refractivity contribution in [3.05, 3.63) is 0 Å². The van der Waals surface area contributed by atoms with Crippen LogP contribution in [0.15, 0.2) is 0 Å². The van der Waals surface area contributed by atoms with Crippen LogP contribution in [0.1, 0.15) is 6.42 Å². The van der Waals surface area contributed by atoms with Crippen LogP contribution in [0.2, 0.25) is 0 Å². The summed E-state index contributed by atoms with van der Waals surface area (Å²) < 4.78 is 0. The van der Waals surface area contributed by atoms with Gasteiger partial charge in [0.05, 0.1) is 6.54 Å². The Labute approximate surface area is 77.9 Å². The number of carboxylic acids is 2. The van der Waals surface area contributed by atoms with E-state index in [-0.39, 0.29) is 12.5 Å². The van der Waals surface area contributed by atoms with Gasteiger partial charge in [0.2, 0.25) is 5.91 Å². The van der Waals surface area contributed by atoms with Gasteiger partial charge in [0.1, 0.15) is 6.42 Å². The smallest absolute Gasteiger partial charge is 0.321 e. The zero-order valence-electron chi connectivity index (χ0n) is 6.94. The Morgan fingerprint density at radius 2 is 1.71 bits per heavy atom. The van der Waals surface area contributed by atoms with Crippen LogP contribution in [0.25, 0.3) is 0 Å². The van der Waals surface area contributed by atoms with E-state index in [9.17, 15) is 19.2 Å². The molecule has 0 radical (unpaired) electrons. The molecule has 0 unspecified atom stereocenters. The first-order chi connectivity index (χ1) is 6.41. The van der Waals surface area contributed by atoms with Crippen LogP contribution in [-0.4, -0.2) is 40.6 Å². The van der Waals surface area contributed by atoms with Crippen LogP contribution in [0.5, 0.6) is 0 Å². The molecule has 0 atom stereocenters. The number of aliphatic carboxylic acids is 2. The van der Waals surface area contributed by atoms with Crippen molar-refractivity contribution in [2.24, 2.45) is 0 Å². The number of carbonyl (C=O) groups is 4. The van der Waals surface area contributed by atoms with Crippen molar-refractivity contribution in [1.29, 1.82) is 0 Å². The van der Waals surface area contributed by atoms with Crippen LogP contribution < -0.4 is 10.6 Å². The summed E-state index contributed by atoms with van der Waals surface area (Å²) in [5.41, 5.74) is 0. The zero-order chi connectivity index (χ0) is 11.1. The molecule has 0 spiro atoms. The molecule has 1 fully saturated rings. The number of hydrogen-bond donors (Lipinski definition) is 4. The maximum absolute atomic E-state index is 10.1. The first-order valence-electron chi connectivity index (χ1n) is 3.43. The maximum Gasteiger partial charge on any atom is 0.321 e. The lowest BCUT2D eigenvalue weighted by molar-refractivity contribution is -0.147. The van der Waals surface area contributed by atoms with Crippen molar-refractivity contribution < 1.29 is 29.4 Å². The fourth-order valence-corrected chi connectivity index (χ4v) is 0.505. The molecule has 1 heterocycles. The minimum Gasteiger partial charge on any atom is -0.481 e. The van der Waals surface area contributed by atoms with Crippen LogP contribution >= 0.6 is 0 Å². The summed E-state index contributed by atoms with van der Waals surface area (Å²) in [5, 5.41) is 19.7. The molecule has 0 saturated carbocycles. The first kappa shape index (κ1) is 11.9. The fraction of sp³-hybridized carbons (Fsp3) is 0.333. The summed E-state index contributed by atoms with van der Waals surface area (Å²) in [6.45, 7) is 0.124. The molecule has 8 nitrogen and oxygen atoms in total. The monoisotopic (exact) mass is 204 g/mol. The molecule has 0 bridgehead atoms. The van der Waals surface area contributed by atoms with E-state index >= 15 is 0 Å². The lowest BCUT2D eigenvalue weighted by Gasteiger charge is -1.80. The van der Waals surface area contributed by atoms with E-state index in [4.69, 9.17) is 10.2 Å². The molecule has 1 rings (SSSR count). The third-order valence-corrected chi connectivity index (χ3v) is 0.965. The molecular weight excluding hydrogens is 196 g/mol. The van der Waals surface area contributed by atoms with Gasteiger partial charge in [0.15, 0.2) is 0 Å². The molecule has 4 N–H and O–H groups in total. The van der Waals surface area contributed by atoms with Crippen molar-refractivity contribution in [3.63, 3.8) is 0 Å². The van der Waals surface area contributed by atoms with Crippen molar-refractivity contribution in [2.45, 2.75) is 6.42 Å². The minimum absolute atomic E-state index is 0.124. The summed E-state index contributed by atoms with van der Waals surface area (Å²) in [6.07, 6.45) is -0.806. The Morgan fingerprint density at radius 1 is 1.21 bits per heavy atom. The maximum atomic E-state index is 10.1. The van der Waals surface area contributed by atoms with Crippen molar-refractivity contribution >= 4 is 23.9 Å². The highest BCUT2D eigenvalue weighted by molar-refractivity contribution is 6.01. The Balaban J connectivity index is 0.000000241. The zero-order valence-corrected chi connectivity index (χ0v) is 6.94. The predicted molar refractivity (Wildman–Crippen MR) is 41.4 cm³/mol. The molecule has 1 aliphatic rings. The molecule has 0 aromatic carbocycles. The van der Waals surface area contributed by atoms with Gasteiger partial charge in [0, 0.05) is 0 Å². The predicted octanol–water partition coefficient (Wildman–Crippen LogP) is -1.63. The Hall–Kier alpha value is -2.12. The number of rotatable bonds is 2. The van der Waals surface area contributed by atoms with Gasteiger partial charge in [-0.05, 0) is 0 Å². The average molecular weight is 204 g/mol. The van der Waals surface area contributed by atoms with E-state index in [0.717, 1.165) is 0 Å². The third kappa shape index (κ3) is 6.58. The third-order valence-electron chi connectivity index (χ3n) is 0.965. The molecule has 14 heavy (non-hydrogen) atoms.